The van der Waals surface area contributed by atoms with E-state index in [1.54, 1.807) is 30.3 Å². The number of halogens is 1. The lowest BCUT2D eigenvalue weighted by Gasteiger charge is -2.18. The van der Waals surface area contributed by atoms with E-state index in [2.05, 4.69) is 0 Å². The van der Waals surface area contributed by atoms with Gasteiger partial charge in [-0.2, -0.15) is 0 Å². The van der Waals surface area contributed by atoms with Gasteiger partial charge < -0.3 is 9.84 Å². The molecule has 1 aliphatic heterocycles. The van der Waals surface area contributed by atoms with E-state index in [-0.39, 0.29) is 31.6 Å². The first-order valence-electron chi connectivity index (χ1n) is 7.52. The van der Waals surface area contributed by atoms with Gasteiger partial charge in [-0.25, -0.2) is 0 Å². The summed E-state index contributed by atoms with van der Waals surface area (Å²) in [4.78, 5) is 25.5. The SMILES string of the molecule is O=C1c2ccccc2C(=O)N1CC(O)COCc1ccccc1Cl. The summed E-state index contributed by atoms with van der Waals surface area (Å²) >= 11 is 6.03. The smallest absolute Gasteiger partial charge is 0.261 e. The van der Waals surface area contributed by atoms with Crippen molar-refractivity contribution in [2.24, 2.45) is 0 Å². The number of carbonyl (C=O) groups is 2. The van der Waals surface area contributed by atoms with Crippen LogP contribution in [0.15, 0.2) is 48.5 Å². The van der Waals surface area contributed by atoms with Crippen molar-refractivity contribution in [2.45, 2.75) is 12.7 Å². The molecular weight excluding hydrogens is 330 g/mol. The molecule has 0 aliphatic carbocycles. The molecule has 0 fully saturated rings. The summed E-state index contributed by atoms with van der Waals surface area (Å²) in [5.41, 5.74) is 1.55. The minimum absolute atomic E-state index is 0.00136. The van der Waals surface area contributed by atoms with Crippen molar-refractivity contribution in [3.63, 3.8) is 0 Å². The highest BCUT2D eigenvalue weighted by molar-refractivity contribution is 6.31. The van der Waals surface area contributed by atoms with Crippen molar-refractivity contribution < 1.29 is 19.4 Å². The topological polar surface area (TPSA) is 66.8 Å². The number of hydrogen-bond acceptors (Lipinski definition) is 4. The lowest BCUT2D eigenvalue weighted by atomic mass is 10.1. The molecule has 0 aromatic heterocycles. The molecule has 1 heterocycles. The van der Waals surface area contributed by atoms with E-state index in [9.17, 15) is 14.7 Å². The van der Waals surface area contributed by atoms with Crippen LogP contribution in [0.2, 0.25) is 5.02 Å². The van der Waals surface area contributed by atoms with E-state index >= 15 is 0 Å². The number of nitrogens with zero attached hydrogens (tertiary/aromatic N) is 1. The molecule has 0 bridgehead atoms. The number of benzene rings is 2. The summed E-state index contributed by atoms with van der Waals surface area (Å²) in [5.74, 6) is -0.776. The van der Waals surface area contributed by atoms with Crippen molar-refractivity contribution >= 4 is 23.4 Å². The fourth-order valence-corrected chi connectivity index (χ4v) is 2.78. The summed E-state index contributed by atoms with van der Waals surface area (Å²) in [6.07, 6.45) is -0.963. The van der Waals surface area contributed by atoms with Crippen LogP contribution in [-0.2, 0) is 11.3 Å². The molecule has 1 aliphatic rings. The predicted octanol–water partition coefficient (Wildman–Crippen LogP) is 2.51. The summed E-state index contributed by atoms with van der Waals surface area (Å²) in [6, 6.07) is 13.9. The Bertz CT molecular complexity index is 742. The Labute approximate surface area is 144 Å². The number of amides is 2. The Balaban J connectivity index is 1.54. The second-order valence-corrected chi connectivity index (χ2v) is 5.93. The van der Waals surface area contributed by atoms with Crippen LogP contribution in [0, 0.1) is 0 Å². The van der Waals surface area contributed by atoms with Gasteiger partial charge in [-0.05, 0) is 23.8 Å². The molecule has 0 spiro atoms. The fourth-order valence-electron chi connectivity index (χ4n) is 2.59. The molecule has 6 heteroatoms. The second-order valence-electron chi connectivity index (χ2n) is 5.53. The van der Waals surface area contributed by atoms with Crippen LogP contribution in [0.5, 0.6) is 0 Å². The molecule has 124 valence electrons. The highest BCUT2D eigenvalue weighted by atomic mass is 35.5. The number of imide groups is 1. The van der Waals surface area contributed by atoms with Crippen LogP contribution in [0.3, 0.4) is 0 Å². The molecule has 0 saturated carbocycles. The molecule has 1 atom stereocenters. The molecule has 1 unspecified atom stereocenters. The monoisotopic (exact) mass is 345 g/mol. The number of fused-ring (bicyclic) bond motifs is 1. The van der Waals surface area contributed by atoms with E-state index in [0.29, 0.717) is 16.1 Å². The highest BCUT2D eigenvalue weighted by Gasteiger charge is 2.36. The molecular formula is C18H16ClNO4. The molecule has 2 aromatic rings. The number of β-amino-alcohol motifs (C(OH)–C–C–N with tert-alkyl or cyclic N) is 1. The average molecular weight is 346 g/mol. The van der Waals surface area contributed by atoms with E-state index in [1.807, 2.05) is 18.2 Å². The van der Waals surface area contributed by atoms with Crippen molar-refractivity contribution in [3.05, 3.63) is 70.2 Å². The zero-order chi connectivity index (χ0) is 17.1. The van der Waals surface area contributed by atoms with Crippen LogP contribution in [0.25, 0.3) is 0 Å². The van der Waals surface area contributed by atoms with Gasteiger partial charge in [0.15, 0.2) is 0 Å². The lowest BCUT2D eigenvalue weighted by Crippen LogP contribution is -2.38. The van der Waals surface area contributed by atoms with Crippen LogP contribution in [0.1, 0.15) is 26.3 Å². The number of rotatable bonds is 6. The summed E-state index contributed by atoms with van der Waals surface area (Å²) in [7, 11) is 0. The standard InChI is InChI=1S/C18H16ClNO4/c19-16-8-4-1-5-12(16)10-24-11-13(21)9-20-17(22)14-6-2-3-7-15(14)18(20)23/h1-8,13,21H,9-11H2. The zero-order valence-corrected chi connectivity index (χ0v) is 13.6. The normalized spacial score (nSPS) is 14.8. The maximum absolute atomic E-state index is 12.2. The first-order valence-corrected chi connectivity index (χ1v) is 7.90. The minimum Gasteiger partial charge on any atom is -0.389 e. The summed E-state index contributed by atoms with van der Waals surface area (Å²) in [6.45, 7) is 0.145. The minimum atomic E-state index is -0.963. The number of aliphatic hydroxyl groups is 1. The molecule has 0 saturated heterocycles. The number of hydrogen-bond donors (Lipinski definition) is 1. The molecule has 2 aromatic carbocycles. The van der Waals surface area contributed by atoms with E-state index in [1.165, 1.54) is 0 Å². The van der Waals surface area contributed by atoms with Crippen LogP contribution in [0.4, 0.5) is 0 Å². The molecule has 1 N–H and O–H groups in total. The van der Waals surface area contributed by atoms with Crippen LogP contribution < -0.4 is 0 Å². The molecule has 0 radical (unpaired) electrons. The summed E-state index contributed by atoms with van der Waals surface area (Å²) < 4.78 is 5.44. The van der Waals surface area contributed by atoms with Gasteiger partial charge >= 0.3 is 0 Å². The Morgan fingerprint density at radius 2 is 1.58 bits per heavy atom. The number of aliphatic hydroxyl groups excluding tert-OH is 1. The quantitative estimate of drug-likeness (QED) is 0.817. The Kier molecular flexibility index (Phi) is 4.94. The van der Waals surface area contributed by atoms with E-state index < -0.39 is 6.10 Å². The van der Waals surface area contributed by atoms with Gasteiger partial charge in [-0.3, -0.25) is 14.5 Å². The van der Waals surface area contributed by atoms with Crippen LogP contribution in [-0.4, -0.2) is 41.1 Å². The van der Waals surface area contributed by atoms with E-state index in [4.69, 9.17) is 16.3 Å². The van der Waals surface area contributed by atoms with Gasteiger partial charge in [0.05, 0.1) is 37.0 Å². The third kappa shape index (κ3) is 3.33. The van der Waals surface area contributed by atoms with Gasteiger partial charge in [-0.15, -0.1) is 0 Å². The zero-order valence-electron chi connectivity index (χ0n) is 12.8. The largest absolute Gasteiger partial charge is 0.389 e. The van der Waals surface area contributed by atoms with Gasteiger partial charge in [0.2, 0.25) is 0 Å². The van der Waals surface area contributed by atoms with Gasteiger partial charge in [0.25, 0.3) is 11.8 Å². The van der Waals surface area contributed by atoms with Crippen molar-refractivity contribution in [2.75, 3.05) is 13.2 Å². The first kappa shape index (κ1) is 16.6. The molecule has 24 heavy (non-hydrogen) atoms. The Morgan fingerprint density at radius 1 is 1.00 bits per heavy atom. The van der Waals surface area contributed by atoms with Crippen molar-refractivity contribution in [1.29, 1.82) is 0 Å². The third-order valence-electron chi connectivity index (χ3n) is 3.80. The fraction of sp³-hybridized carbons (Fsp3) is 0.222. The Morgan fingerprint density at radius 3 is 2.21 bits per heavy atom. The maximum Gasteiger partial charge on any atom is 0.261 e. The highest BCUT2D eigenvalue weighted by Crippen LogP contribution is 2.22. The average Bonchev–Trinajstić information content (AvgIpc) is 2.82. The van der Waals surface area contributed by atoms with Crippen molar-refractivity contribution in [1.82, 2.24) is 4.90 Å². The molecule has 3 rings (SSSR count). The number of ether oxygens (including phenoxy) is 1. The van der Waals surface area contributed by atoms with Gasteiger partial charge in [-0.1, -0.05) is 41.9 Å². The summed E-state index contributed by atoms with van der Waals surface area (Å²) in [5, 5.41) is 10.7. The van der Waals surface area contributed by atoms with Crippen molar-refractivity contribution in [3.8, 4) is 0 Å². The number of carbonyl (C=O) groups excluding carboxylic acids is 2. The maximum atomic E-state index is 12.2. The van der Waals surface area contributed by atoms with E-state index in [0.717, 1.165) is 10.5 Å². The van der Waals surface area contributed by atoms with Gasteiger partial charge in [0.1, 0.15) is 0 Å². The van der Waals surface area contributed by atoms with Gasteiger partial charge in [0, 0.05) is 5.02 Å². The van der Waals surface area contributed by atoms with Crippen LogP contribution >= 0.6 is 11.6 Å². The third-order valence-corrected chi connectivity index (χ3v) is 4.17. The molecule has 5 nitrogen and oxygen atoms in total. The lowest BCUT2D eigenvalue weighted by molar-refractivity contribution is 0.0120. The first-order chi connectivity index (χ1) is 11.6. The molecule has 2 amide bonds. The predicted molar refractivity (Wildman–Crippen MR) is 88.9 cm³/mol. The second kappa shape index (κ2) is 7.13. The Hall–Kier alpha value is -2.21.